The van der Waals surface area contributed by atoms with Crippen molar-refractivity contribution in [1.82, 2.24) is 19.9 Å². The Bertz CT molecular complexity index is 1110. The molecule has 3 aromatic rings. The first-order valence-electron chi connectivity index (χ1n) is 9.58. The Morgan fingerprint density at radius 1 is 1.21 bits per heavy atom. The third kappa shape index (κ3) is 3.49. The van der Waals surface area contributed by atoms with Crippen LogP contribution in [0.1, 0.15) is 41.2 Å². The lowest BCUT2D eigenvalue weighted by molar-refractivity contribution is 0.0937. The van der Waals surface area contributed by atoms with Crippen LogP contribution in [0.2, 0.25) is 10.0 Å². The quantitative estimate of drug-likeness (QED) is 0.658. The molecule has 1 aliphatic carbocycles. The normalized spacial score (nSPS) is 19.1. The molecule has 0 spiro atoms. The first-order chi connectivity index (χ1) is 14.0. The van der Waals surface area contributed by atoms with Gasteiger partial charge in [0.05, 0.1) is 22.5 Å². The van der Waals surface area contributed by atoms with Crippen LogP contribution >= 0.6 is 23.2 Å². The molecular formula is C20H19Cl2N5O2. The van der Waals surface area contributed by atoms with Gasteiger partial charge in [-0.05, 0) is 43.5 Å². The molecule has 0 bridgehead atoms. The van der Waals surface area contributed by atoms with Gasteiger partial charge in [-0.15, -0.1) is 5.10 Å². The number of aromatic nitrogens is 3. The average molecular weight is 432 g/mol. The molecule has 7 nitrogen and oxygen atoms in total. The smallest absolute Gasteiger partial charge is 0.255 e. The lowest BCUT2D eigenvalue weighted by Crippen LogP contribution is -2.37. The molecule has 3 heterocycles. The monoisotopic (exact) mass is 431 g/mol. The zero-order valence-electron chi connectivity index (χ0n) is 15.5. The second-order valence-electron chi connectivity index (χ2n) is 7.61. The van der Waals surface area contributed by atoms with Gasteiger partial charge in [0.25, 0.3) is 5.91 Å². The van der Waals surface area contributed by atoms with Crippen LogP contribution in [-0.4, -0.2) is 44.7 Å². The number of hydrogen-bond acceptors (Lipinski definition) is 5. The molecule has 1 aliphatic heterocycles. The van der Waals surface area contributed by atoms with E-state index in [1.165, 1.54) is 30.7 Å². The summed E-state index contributed by atoms with van der Waals surface area (Å²) in [5.74, 6) is 0.773. The fourth-order valence-corrected chi connectivity index (χ4v) is 4.29. The number of anilines is 1. The molecule has 1 amide bonds. The number of carbonyl (C=O) groups excluding carboxylic acids is 1. The number of rotatable bonds is 4. The minimum absolute atomic E-state index is 0.0556. The van der Waals surface area contributed by atoms with Crippen molar-refractivity contribution in [1.29, 1.82) is 0 Å². The molecule has 150 valence electrons. The van der Waals surface area contributed by atoms with E-state index in [-0.39, 0.29) is 22.4 Å². The molecular weight excluding hydrogens is 413 g/mol. The first-order valence-corrected chi connectivity index (χ1v) is 10.3. The highest BCUT2D eigenvalue weighted by Gasteiger charge is 2.29. The number of phenolic OH excluding ortho intramolecular Hbond substituents is 1. The van der Waals surface area contributed by atoms with Crippen LogP contribution < -0.4 is 10.2 Å². The number of nitrogens with one attached hydrogen (secondary N) is 1. The molecule has 1 aromatic carbocycles. The summed E-state index contributed by atoms with van der Waals surface area (Å²) in [6.45, 7) is 1.41. The fraction of sp³-hybridized carbons (Fsp3) is 0.350. The lowest BCUT2D eigenvalue weighted by Gasteiger charge is -2.18. The standard InChI is InChI=1S/C20H19Cl2N5O2/c21-12-7-14(19(28)15(22)8-12)20(29)24-13-5-6-26(10-13)18-4-3-17-23-9-16(11-1-2-11)27(17)25-18/h3-4,7-9,11,13,28H,1-2,5-6,10H2,(H,24,29)/t13-/m0/s1. The molecule has 1 saturated heterocycles. The maximum Gasteiger partial charge on any atom is 0.255 e. The number of hydrogen-bond donors (Lipinski definition) is 2. The van der Waals surface area contributed by atoms with E-state index < -0.39 is 5.91 Å². The van der Waals surface area contributed by atoms with Gasteiger partial charge in [0.15, 0.2) is 5.65 Å². The Balaban J connectivity index is 1.31. The van der Waals surface area contributed by atoms with E-state index in [0.717, 1.165) is 24.4 Å². The Morgan fingerprint density at radius 2 is 2.03 bits per heavy atom. The number of imidazole rings is 1. The van der Waals surface area contributed by atoms with Gasteiger partial charge < -0.3 is 15.3 Å². The summed E-state index contributed by atoms with van der Waals surface area (Å²) in [5.41, 5.74) is 2.10. The average Bonchev–Trinajstić information content (AvgIpc) is 3.28. The van der Waals surface area contributed by atoms with Crippen LogP contribution in [0.3, 0.4) is 0 Å². The number of fused-ring (bicyclic) bond motifs is 1. The molecule has 1 saturated carbocycles. The predicted octanol–water partition coefficient (Wildman–Crippen LogP) is 3.63. The summed E-state index contributed by atoms with van der Waals surface area (Å²) in [6, 6.07) is 6.69. The number of phenols is 1. The Kier molecular flexibility index (Phi) is 4.52. The van der Waals surface area contributed by atoms with E-state index in [0.29, 0.717) is 17.5 Å². The van der Waals surface area contributed by atoms with Crippen molar-refractivity contribution in [2.24, 2.45) is 0 Å². The van der Waals surface area contributed by atoms with Crippen molar-refractivity contribution >= 4 is 40.6 Å². The van der Waals surface area contributed by atoms with Gasteiger partial charge >= 0.3 is 0 Å². The summed E-state index contributed by atoms with van der Waals surface area (Å²) in [5, 5.41) is 18.2. The predicted molar refractivity (Wildman–Crippen MR) is 111 cm³/mol. The zero-order chi connectivity index (χ0) is 20.1. The topological polar surface area (TPSA) is 82.8 Å². The van der Waals surface area contributed by atoms with E-state index in [1.807, 2.05) is 22.8 Å². The fourth-order valence-electron chi connectivity index (χ4n) is 3.80. The van der Waals surface area contributed by atoms with Crippen LogP contribution in [0.4, 0.5) is 5.82 Å². The van der Waals surface area contributed by atoms with Gasteiger partial charge in [0.2, 0.25) is 0 Å². The van der Waals surface area contributed by atoms with Crippen molar-refractivity contribution < 1.29 is 9.90 Å². The van der Waals surface area contributed by atoms with Crippen molar-refractivity contribution in [2.45, 2.75) is 31.2 Å². The number of amides is 1. The van der Waals surface area contributed by atoms with Gasteiger partial charge in [0.1, 0.15) is 11.6 Å². The molecule has 0 unspecified atom stereocenters. The molecule has 2 fully saturated rings. The van der Waals surface area contributed by atoms with E-state index in [9.17, 15) is 9.90 Å². The minimum Gasteiger partial charge on any atom is -0.506 e. The van der Waals surface area contributed by atoms with E-state index >= 15 is 0 Å². The van der Waals surface area contributed by atoms with Gasteiger partial charge in [0, 0.05) is 30.1 Å². The number of nitrogens with zero attached hydrogens (tertiary/aromatic N) is 4. The summed E-state index contributed by atoms with van der Waals surface area (Å²) >= 11 is 11.9. The van der Waals surface area contributed by atoms with Crippen molar-refractivity contribution in [2.75, 3.05) is 18.0 Å². The number of aromatic hydroxyl groups is 1. The number of carbonyl (C=O) groups is 1. The van der Waals surface area contributed by atoms with E-state index in [2.05, 4.69) is 15.2 Å². The molecule has 2 aliphatic rings. The van der Waals surface area contributed by atoms with Gasteiger partial charge in [-0.3, -0.25) is 4.79 Å². The second kappa shape index (κ2) is 7.07. The molecule has 5 rings (SSSR count). The SMILES string of the molecule is O=C(N[C@H]1CCN(c2ccc3ncc(C4CC4)n3n2)C1)c1cc(Cl)cc(Cl)c1O. The maximum atomic E-state index is 12.6. The van der Waals surface area contributed by atoms with Crippen molar-refractivity contribution in [3.8, 4) is 5.75 Å². The Morgan fingerprint density at radius 3 is 2.83 bits per heavy atom. The summed E-state index contributed by atoms with van der Waals surface area (Å²) < 4.78 is 1.94. The van der Waals surface area contributed by atoms with Crippen molar-refractivity contribution in [3.63, 3.8) is 0 Å². The molecule has 1 atom stereocenters. The molecule has 2 aromatic heterocycles. The zero-order valence-corrected chi connectivity index (χ0v) is 17.0. The van der Waals surface area contributed by atoms with Crippen LogP contribution in [0.25, 0.3) is 5.65 Å². The van der Waals surface area contributed by atoms with E-state index in [1.54, 1.807) is 0 Å². The molecule has 9 heteroatoms. The van der Waals surface area contributed by atoms with Crippen LogP contribution in [-0.2, 0) is 0 Å². The molecule has 29 heavy (non-hydrogen) atoms. The minimum atomic E-state index is -0.396. The summed E-state index contributed by atoms with van der Waals surface area (Å²) in [7, 11) is 0. The number of benzene rings is 1. The van der Waals surface area contributed by atoms with Crippen LogP contribution in [0.15, 0.2) is 30.5 Å². The Hall–Kier alpha value is -2.51. The molecule has 0 radical (unpaired) electrons. The van der Waals surface area contributed by atoms with Crippen LogP contribution in [0, 0.1) is 0 Å². The number of halogens is 2. The first kappa shape index (κ1) is 18.5. The summed E-state index contributed by atoms with van der Waals surface area (Å²) in [6.07, 6.45) is 5.08. The van der Waals surface area contributed by atoms with Gasteiger partial charge in [-0.2, -0.15) is 0 Å². The second-order valence-corrected chi connectivity index (χ2v) is 8.45. The highest BCUT2D eigenvalue weighted by Crippen LogP contribution is 2.40. The van der Waals surface area contributed by atoms with Gasteiger partial charge in [-0.1, -0.05) is 23.2 Å². The third-order valence-corrected chi connectivity index (χ3v) is 6.00. The Labute approximate surface area is 177 Å². The van der Waals surface area contributed by atoms with E-state index in [4.69, 9.17) is 28.3 Å². The van der Waals surface area contributed by atoms with Crippen LogP contribution in [0.5, 0.6) is 5.75 Å². The van der Waals surface area contributed by atoms with Crippen molar-refractivity contribution in [3.05, 3.63) is 51.8 Å². The highest BCUT2D eigenvalue weighted by molar-refractivity contribution is 6.36. The largest absolute Gasteiger partial charge is 0.506 e. The lowest BCUT2D eigenvalue weighted by atomic mass is 10.1. The third-order valence-electron chi connectivity index (χ3n) is 5.49. The summed E-state index contributed by atoms with van der Waals surface area (Å²) in [4.78, 5) is 19.2. The molecule has 2 N–H and O–H groups in total. The van der Waals surface area contributed by atoms with Gasteiger partial charge in [-0.25, -0.2) is 9.50 Å². The maximum absolute atomic E-state index is 12.6. The highest BCUT2D eigenvalue weighted by atomic mass is 35.5.